The largest absolute Gasteiger partial charge is 0.455 e. The molecule has 0 aromatic heterocycles. The van der Waals surface area contributed by atoms with E-state index in [-0.39, 0.29) is 30.2 Å². The normalized spacial score (nSPS) is 13.6. The van der Waals surface area contributed by atoms with Gasteiger partial charge in [-0.2, -0.15) is 0 Å². The van der Waals surface area contributed by atoms with Gasteiger partial charge in [0, 0.05) is 24.7 Å². The molecule has 28 heavy (non-hydrogen) atoms. The van der Waals surface area contributed by atoms with Gasteiger partial charge in [0.15, 0.2) is 6.61 Å². The number of hydrogen-bond donors (Lipinski definition) is 0. The highest BCUT2D eigenvalue weighted by Crippen LogP contribution is 2.22. The van der Waals surface area contributed by atoms with E-state index in [4.69, 9.17) is 4.74 Å². The van der Waals surface area contributed by atoms with Crippen LogP contribution in [0.5, 0.6) is 0 Å². The first-order chi connectivity index (χ1) is 13.5. The molecule has 0 saturated carbocycles. The Morgan fingerprint density at radius 3 is 2.46 bits per heavy atom. The number of carbonyl (C=O) groups excluding carboxylic acids is 2. The van der Waals surface area contributed by atoms with Crippen LogP contribution < -0.4 is 0 Å². The first-order valence-electron chi connectivity index (χ1n) is 8.95. The topological polar surface area (TPSA) is 89.7 Å². The van der Waals surface area contributed by atoms with Gasteiger partial charge in [-0.3, -0.25) is 19.7 Å². The van der Waals surface area contributed by atoms with E-state index < -0.39 is 10.9 Å². The number of carbonyl (C=O) groups is 2. The molecular weight excluding hydrogens is 360 g/mol. The highest BCUT2D eigenvalue weighted by molar-refractivity contribution is 5.82. The highest BCUT2D eigenvalue weighted by Gasteiger charge is 2.21. The first-order valence-corrected chi connectivity index (χ1v) is 8.95. The van der Waals surface area contributed by atoms with E-state index in [9.17, 15) is 19.7 Å². The molecule has 0 spiro atoms. The van der Waals surface area contributed by atoms with Gasteiger partial charge in [-0.25, -0.2) is 0 Å². The summed E-state index contributed by atoms with van der Waals surface area (Å²) in [5.41, 5.74) is 2.46. The SMILES string of the molecule is O=C(Cc1ccccc1[N+](=O)[O-])OCC(=O)N1CC=C(c2ccccc2)CC1. The Balaban J connectivity index is 1.50. The molecule has 7 nitrogen and oxygen atoms in total. The first kappa shape index (κ1) is 19.3. The summed E-state index contributed by atoms with van der Waals surface area (Å²) in [7, 11) is 0. The van der Waals surface area contributed by atoms with Crippen molar-refractivity contribution in [2.24, 2.45) is 0 Å². The van der Waals surface area contributed by atoms with E-state index in [0.717, 1.165) is 12.0 Å². The fourth-order valence-electron chi connectivity index (χ4n) is 3.09. The Hall–Kier alpha value is -3.48. The number of para-hydroxylation sites is 1. The van der Waals surface area contributed by atoms with E-state index in [0.29, 0.717) is 13.1 Å². The van der Waals surface area contributed by atoms with E-state index in [1.807, 2.05) is 36.4 Å². The molecule has 1 heterocycles. The van der Waals surface area contributed by atoms with Gasteiger partial charge in [0.05, 0.1) is 11.3 Å². The van der Waals surface area contributed by atoms with Crippen molar-refractivity contribution in [2.45, 2.75) is 12.8 Å². The van der Waals surface area contributed by atoms with E-state index in [1.165, 1.54) is 23.8 Å². The zero-order valence-electron chi connectivity index (χ0n) is 15.2. The van der Waals surface area contributed by atoms with Crippen molar-refractivity contribution in [2.75, 3.05) is 19.7 Å². The van der Waals surface area contributed by atoms with E-state index in [1.54, 1.807) is 11.0 Å². The smallest absolute Gasteiger partial charge is 0.311 e. The average molecular weight is 380 g/mol. The van der Waals surface area contributed by atoms with Gasteiger partial charge in [-0.15, -0.1) is 0 Å². The molecular formula is C21H20N2O5. The van der Waals surface area contributed by atoms with Crippen molar-refractivity contribution in [3.05, 3.63) is 81.9 Å². The molecule has 2 aromatic rings. The van der Waals surface area contributed by atoms with Crippen LogP contribution in [-0.2, 0) is 20.7 Å². The van der Waals surface area contributed by atoms with Gasteiger partial charge in [0.25, 0.3) is 11.6 Å². The second-order valence-electron chi connectivity index (χ2n) is 6.41. The van der Waals surface area contributed by atoms with Crippen LogP contribution in [0.4, 0.5) is 5.69 Å². The number of rotatable bonds is 6. The van der Waals surface area contributed by atoms with Crippen molar-refractivity contribution in [3.63, 3.8) is 0 Å². The predicted molar refractivity (Wildman–Crippen MR) is 103 cm³/mol. The molecule has 0 radical (unpaired) electrons. The number of esters is 1. The minimum absolute atomic E-state index is 0.139. The second kappa shape index (κ2) is 8.94. The van der Waals surface area contributed by atoms with Gasteiger partial charge in [-0.05, 0) is 17.6 Å². The number of nitro benzene ring substituents is 1. The minimum Gasteiger partial charge on any atom is -0.455 e. The summed E-state index contributed by atoms with van der Waals surface area (Å²) in [6.45, 7) is 0.653. The Labute approximate surface area is 162 Å². The molecule has 0 aliphatic carbocycles. The molecule has 3 rings (SSSR count). The Morgan fingerprint density at radius 1 is 1.07 bits per heavy atom. The van der Waals surface area contributed by atoms with Gasteiger partial charge in [0.1, 0.15) is 0 Å². The van der Waals surface area contributed by atoms with Gasteiger partial charge >= 0.3 is 5.97 Å². The quantitative estimate of drug-likeness (QED) is 0.437. The molecule has 7 heteroatoms. The summed E-state index contributed by atoms with van der Waals surface area (Å²) in [4.78, 5) is 36.3. The van der Waals surface area contributed by atoms with Gasteiger partial charge < -0.3 is 9.64 Å². The van der Waals surface area contributed by atoms with Crippen molar-refractivity contribution in [1.29, 1.82) is 0 Å². The molecule has 1 aliphatic heterocycles. The molecule has 144 valence electrons. The molecule has 0 N–H and O–H groups in total. The molecule has 1 amide bonds. The lowest BCUT2D eigenvalue weighted by Gasteiger charge is -2.26. The minimum atomic E-state index is -0.667. The molecule has 2 aromatic carbocycles. The zero-order valence-corrected chi connectivity index (χ0v) is 15.2. The summed E-state index contributed by atoms with van der Waals surface area (Å²) >= 11 is 0. The zero-order chi connectivity index (χ0) is 19.9. The molecule has 0 unspecified atom stereocenters. The van der Waals surface area contributed by atoms with Crippen LogP contribution in [0, 0.1) is 10.1 Å². The van der Waals surface area contributed by atoms with Gasteiger partial charge in [-0.1, -0.05) is 54.6 Å². The van der Waals surface area contributed by atoms with E-state index in [2.05, 4.69) is 0 Å². The van der Waals surface area contributed by atoms with Crippen LogP contribution in [-0.4, -0.2) is 41.4 Å². The number of amides is 1. The Bertz CT molecular complexity index is 908. The Morgan fingerprint density at radius 2 is 1.79 bits per heavy atom. The fraction of sp³-hybridized carbons (Fsp3) is 0.238. The molecule has 1 aliphatic rings. The summed E-state index contributed by atoms with van der Waals surface area (Å²) in [6.07, 6.45) is 2.49. The van der Waals surface area contributed by atoms with Crippen LogP contribution in [0.15, 0.2) is 60.7 Å². The summed E-state index contributed by atoms with van der Waals surface area (Å²) in [5, 5.41) is 11.0. The number of nitro groups is 1. The number of hydrogen-bond acceptors (Lipinski definition) is 5. The maximum absolute atomic E-state index is 12.3. The number of nitrogens with zero attached hydrogens (tertiary/aromatic N) is 2. The highest BCUT2D eigenvalue weighted by atomic mass is 16.6. The predicted octanol–water partition coefficient (Wildman–Crippen LogP) is 3.00. The molecule has 0 bridgehead atoms. The molecule has 0 saturated heterocycles. The summed E-state index contributed by atoms with van der Waals surface area (Å²) in [5.74, 6) is -0.945. The monoisotopic (exact) mass is 380 g/mol. The van der Waals surface area contributed by atoms with Crippen molar-refractivity contribution in [1.82, 2.24) is 4.90 Å². The second-order valence-corrected chi connectivity index (χ2v) is 6.41. The van der Waals surface area contributed by atoms with Crippen LogP contribution in [0.2, 0.25) is 0 Å². The number of benzene rings is 2. The van der Waals surface area contributed by atoms with Crippen LogP contribution in [0.1, 0.15) is 17.5 Å². The average Bonchev–Trinajstić information content (AvgIpc) is 2.73. The van der Waals surface area contributed by atoms with Crippen LogP contribution in [0.25, 0.3) is 5.57 Å². The fourth-order valence-corrected chi connectivity index (χ4v) is 3.09. The van der Waals surface area contributed by atoms with E-state index >= 15 is 0 Å². The number of ether oxygens (including phenoxy) is 1. The lowest BCUT2D eigenvalue weighted by atomic mass is 10.00. The molecule has 0 atom stereocenters. The third-order valence-corrected chi connectivity index (χ3v) is 4.59. The third-order valence-electron chi connectivity index (χ3n) is 4.59. The maximum atomic E-state index is 12.3. The van der Waals surface area contributed by atoms with Gasteiger partial charge in [0.2, 0.25) is 0 Å². The van der Waals surface area contributed by atoms with Crippen molar-refractivity contribution >= 4 is 23.1 Å². The van der Waals surface area contributed by atoms with Crippen molar-refractivity contribution in [3.8, 4) is 0 Å². The standard InChI is InChI=1S/C21H20N2O5/c24-20(22-12-10-17(11-13-22)16-6-2-1-3-7-16)15-28-21(25)14-18-8-4-5-9-19(18)23(26)27/h1-10H,11-15H2. The van der Waals surface area contributed by atoms with Crippen LogP contribution >= 0.6 is 0 Å². The summed E-state index contributed by atoms with van der Waals surface area (Å²) < 4.78 is 5.03. The molecule has 0 fully saturated rings. The lowest BCUT2D eigenvalue weighted by Crippen LogP contribution is -2.37. The maximum Gasteiger partial charge on any atom is 0.311 e. The lowest BCUT2D eigenvalue weighted by molar-refractivity contribution is -0.385. The van der Waals surface area contributed by atoms with Crippen LogP contribution in [0.3, 0.4) is 0 Å². The summed E-state index contributed by atoms with van der Waals surface area (Å²) in [6, 6.07) is 16.0. The third kappa shape index (κ3) is 4.82. The van der Waals surface area contributed by atoms with Crippen molar-refractivity contribution < 1.29 is 19.2 Å². The Kier molecular flexibility index (Phi) is 6.16.